The Labute approximate surface area is 110 Å². The first kappa shape index (κ1) is 11.5. The van der Waals surface area contributed by atoms with Crippen molar-refractivity contribution >= 4 is 28.5 Å². The second-order valence-corrected chi connectivity index (χ2v) is 5.22. The van der Waals surface area contributed by atoms with Gasteiger partial charge in [-0.05, 0) is 55.5 Å². The Morgan fingerprint density at radius 1 is 1.56 bits per heavy atom. The van der Waals surface area contributed by atoms with Gasteiger partial charge in [0.2, 0.25) is 5.28 Å². The summed E-state index contributed by atoms with van der Waals surface area (Å²) in [7, 11) is 0. The molecule has 1 amide bonds. The van der Waals surface area contributed by atoms with Crippen molar-refractivity contribution in [2.75, 3.05) is 0 Å². The molecule has 0 bridgehead atoms. The van der Waals surface area contributed by atoms with Gasteiger partial charge >= 0.3 is 0 Å². The number of rotatable bonds is 3. The summed E-state index contributed by atoms with van der Waals surface area (Å²) >= 11 is 5.78. The lowest BCUT2D eigenvalue weighted by molar-refractivity contribution is 0.0936. The lowest BCUT2D eigenvalue weighted by Gasteiger charge is -2.12. The Bertz CT molecular complexity index is 603. The minimum Gasteiger partial charge on any atom is -0.349 e. The first-order valence-corrected chi connectivity index (χ1v) is 6.47. The Morgan fingerprint density at radius 3 is 3.06 bits per heavy atom. The lowest BCUT2D eigenvalue weighted by Crippen LogP contribution is -2.33. The molecule has 1 saturated carbocycles. The van der Waals surface area contributed by atoms with Crippen LogP contribution in [0.1, 0.15) is 30.1 Å². The average Bonchev–Trinajstić information content (AvgIpc) is 3.10. The summed E-state index contributed by atoms with van der Waals surface area (Å²) in [6.45, 7) is 2.06. The SMILES string of the molecule is CC(NC(=O)c1ccc2nc(Cl)[nH]c2c1)C1CC1. The summed E-state index contributed by atoms with van der Waals surface area (Å²) in [6.07, 6.45) is 2.44. The summed E-state index contributed by atoms with van der Waals surface area (Å²) in [5, 5.41) is 3.36. The zero-order valence-electron chi connectivity index (χ0n) is 10.0. The van der Waals surface area contributed by atoms with Gasteiger partial charge in [-0.3, -0.25) is 4.79 Å². The Morgan fingerprint density at radius 2 is 2.33 bits per heavy atom. The Balaban J connectivity index is 1.81. The van der Waals surface area contributed by atoms with E-state index in [-0.39, 0.29) is 11.9 Å². The molecule has 1 unspecified atom stereocenters. The quantitative estimate of drug-likeness (QED) is 0.895. The van der Waals surface area contributed by atoms with Crippen LogP contribution in [-0.2, 0) is 0 Å². The smallest absolute Gasteiger partial charge is 0.251 e. The summed E-state index contributed by atoms with van der Waals surface area (Å²) in [6, 6.07) is 5.60. The molecule has 1 aliphatic carbocycles. The second kappa shape index (κ2) is 4.28. The Hall–Kier alpha value is -1.55. The van der Waals surface area contributed by atoms with Crippen LogP contribution in [0.2, 0.25) is 5.28 Å². The molecule has 1 heterocycles. The molecule has 1 aromatic heterocycles. The molecule has 4 nitrogen and oxygen atoms in total. The van der Waals surface area contributed by atoms with Gasteiger partial charge in [-0.1, -0.05) is 0 Å². The van der Waals surface area contributed by atoms with Crippen LogP contribution in [-0.4, -0.2) is 21.9 Å². The molecule has 0 radical (unpaired) electrons. The molecule has 0 spiro atoms. The number of aromatic nitrogens is 2. The molecule has 2 N–H and O–H groups in total. The van der Waals surface area contributed by atoms with E-state index in [1.807, 2.05) is 0 Å². The zero-order valence-corrected chi connectivity index (χ0v) is 10.8. The number of H-pyrrole nitrogens is 1. The normalized spacial score (nSPS) is 16.8. The van der Waals surface area contributed by atoms with Crippen LogP contribution in [0.3, 0.4) is 0 Å². The maximum Gasteiger partial charge on any atom is 0.251 e. The van der Waals surface area contributed by atoms with Gasteiger partial charge < -0.3 is 10.3 Å². The largest absolute Gasteiger partial charge is 0.349 e. The van der Waals surface area contributed by atoms with Gasteiger partial charge in [-0.15, -0.1) is 0 Å². The standard InChI is InChI=1S/C13H14ClN3O/c1-7(8-2-3-8)15-12(18)9-4-5-10-11(6-9)17-13(14)16-10/h4-8H,2-3H2,1H3,(H,15,18)(H,16,17). The highest BCUT2D eigenvalue weighted by Crippen LogP contribution is 2.32. The van der Waals surface area contributed by atoms with Gasteiger partial charge in [-0.25, -0.2) is 4.98 Å². The van der Waals surface area contributed by atoms with Crippen molar-refractivity contribution in [3.05, 3.63) is 29.0 Å². The molecule has 1 aromatic carbocycles. The highest BCUT2D eigenvalue weighted by molar-refractivity contribution is 6.29. The van der Waals surface area contributed by atoms with E-state index >= 15 is 0 Å². The maximum absolute atomic E-state index is 12.1. The monoisotopic (exact) mass is 263 g/mol. The molecule has 1 aliphatic rings. The third kappa shape index (κ3) is 2.20. The van der Waals surface area contributed by atoms with Crippen molar-refractivity contribution in [3.63, 3.8) is 0 Å². The topological polar surface area (TPSA) is 57.8 Å². The number of aromatic amines is 1. The number of halogens is 1. The molecule has 94 valence electrons. The van der Waals surface area contributed by atoms with Crippen molar-refractivity contribution in [3.8, 4) is 0 Å². The van der Waals surface area contributed by atoms with Crippen LogP contribution in [0.5, 0.6) is 0 Å². The fourth-order valence-corrected chi connectivity index (χ4v) is 2.32. The number of fused-ring (bicyclic) bond motifs is 1. The van der Waals surface area contributed by atoms with Gasteiger partial charge in [0.25, 0.3) is 5.91 Å². The number of imidazole rings is 1. The molecule has 18 heavy (non-hydrogen) atoms. The van der Waals surface area contributed by atoms with Crippen molar-refractivity contribution in [1.29, 1.82) is 0 Å². The number of carbonyl (C=O) groups excluding carboxylic acids is 1. The number of nitrogens with zero attached hydrogens (tertiary/aromatic N) is 1. The van der Waals surface area contributed by atoms with E-state index in [1.165, 1.54) is 12.8 Å². The summed E-state index contributed by atoms with van der Waals surface area (Å²) in [4.78, 5) is 19.1. The van der Waals surface area contributed by atoms with Crippen LogP contribution < -0.4 is 5.32 Å². The second-order valence-electron chi connectivity index (χ2n) is 4.86. The summed E-state index contributed by atoms with van der Waals surface area (Å²) in [5.74, 6) is 0.612. The van der Waals surface area contributed by atoms with Crippen LogP contribution in [0, 0.1) is 5.92 Å². The van der Waals surface area contributed by atoms with Crippen LogP contribution in [0.15, 0.2) is 18.2 Å². The summed E-state index contributed by atoms with van der Waals surface area (Å²) in [5.41, 5.74) is 2.19. The van der Waals surface area contributed by atoms with Crippen molar-refractivity contribution < 1.29 is 4.79 Å². The highest BCUT2D eigenvalue weighted by atomic mass is 35.5. The first-order valence-electron chi connectivity index (χ1n) is 6.09. The van der Waals surface area contributed by atoms with E-state index in [1.54, 1.807) is 18.2 Å². The van der Waals surface area contributed by atoms with E-state index in [9.17, 15) is 4.79 Å². The zero-order chi connectivity index (χ0) is 12.7. The summed E-state index contributed by atoms with van der Waals surface area (Å²) < 4.78 is 0. The molecule has 3 rings (SSSR count). The first-order chi connectivity index (χ1) is 8.63. The van der Waals surface area contributed by atoms with Gasteiger partial charge in [0.15, 0.2) is 0 Å². The predicted molar refractivity (Wildman–Crippen MR) is 70.8 cm³/mol. The lowest BCUT2D eigenvalue weighted by atomic mass is 10.1. The molecule has 2 aromatic rings. The van der Waals surface area contributed by atoms with Gasteiger partial charge in [0.05, 0.1) is 11.0 Å². The number of hydrogen-bond donors (Lipinski definition) is 2. The van der Waals surface area contributed by atoms with Gasteiger partial charge in [-0.2, -0.15) is 0 Å². The number of benzene rings is 1. The molecule has 5 heteroatoms. The van der Waals surface area contributed by atoms with Crippen LogP contribution >= 0.6 is 11.6 Å². The number of carbonyl (C=O) groups is 1. The third-order valence-corrected chi connectivity index (χ3v) is 3.58. The molecule has 0 aliphatic heterocycles. The minimum absolute atomic E-state index is 0.0398. The fraction of sp³-hybridized carbons (Fsp3) is 0.385. The van der Waals surface area contributed by atoms with E-state index in [2.05, 4.69) is 22.2 Å². The van der Waals surface area contributed by atoms with Gasteiger partial charge in [0.1, 0.15) is 0 Å². The van der Waals surface area contributed by atoms with E-state index in [4.69, 9.17) is 11.6 Å². The third-order valence-electron chi connectivity index (χ3n) is 3.40. The highest BCUT2D eigenvalue weighted by Gasteiger charge is 2.29. The van der Waals surface area contributed by atoms with Crippen molar-refractivity contribution in [1.82, 2.24) is 15.3 Å². The number of nitrogens with one attached hydrogen (secondary N) is 2. The van der Waals surface area contributed by atoms with Crippen molar-refractivity contribution in [2.24, 2.45) is 5.92 Å². The molecule has 1 atom stereocenters. The predicted octanol–water partition coefficient (Wildman–Crippen LogP) is 2.74. The van der Waals surface area contributed by atoms with Gasteiger partial charge in [0, 0.05) is 11.6 Å². The number of hydrogen-bond acceptors (Lipinski definition) is 2. The van der Waals surface area contributed by atoms with Crippen LogP contribution in [0.25, 0.3) is 11.0 Å². The molecular formula is C13H14ClN3O. The maximum atomic E-state index is 12.1. The van der Waals surface area contributed by atoms with E-state index in [0.717, 1.165) is 11.0 Å². The van der Waals surface area contributed by atoms with E-state index in [0.29, 0.717) is 16.8 Å². The van der Waals surface area contributed by atoms with Crippen LogP contribution in [0.4, 0.5) is 0 Å². The Kier molecular flexibility index (Phi) is 2.74. The molecule has 1 fully saturated rings. The van der Waals surface area contributed by atoms with E-state index < -0.39 is 0 Å². The molecular weight excluding hydrogens is 250 g/mol. The van der Waals surface area contributed by atoms with Crippen molar-refractivity contribution in [2.45, 2.75) is 25.8 Å². The number of amides is 1. The fourth-order valence-electron chi connectivity index (χ4n) is 2.12. The average molecular weight is 264 g/mol. The minimum atomic E-state index is -0.0398. The molecule has 0 saturated heterocycles.